The molecule has 6 heteroatoms. The van der Waals surface area contributed by atoms with E-state index in [4.69, 9.17) is 5.84 Å². The lowest BCUT2D eigenvalue weighted by molar-refractivity contribution is -0.121. The maximum Gasteiger partial charge on any atom is 0.256 e. The second-order valence-electron chi connectivity index (χ2n) is 3.36. The zero-order valence-corrected chi connectivity index (χ0v) is 9.54. The van der Waals surface area contributed by atoms with Crippen molar-refractivity contribution in [2.24, 2.45) is 5.84 Å². The van der Waals surface area contributed by atoms with Gasteiger partial charge >= 0.3 is 0 Å². The number of hydrazine groups is 1. The number of carbonyl (C=O) groups excluding carboxylic acids is 1. The average molecular weight is 236 g/mol. The zero-order chi connectivity index (χ0) is 11.5. The minimum Gasteiger partial charge on any atom is -0.350 e. The summed E-state index contributed by atoms with van der Waals surface area (Å²) >= 11 is 1.51. The number of thiazole rings is 1. The Morgan fingerprint density at radius 1 is 1.50 bits per heavy atom. The SMILES string of the molecule is C[C@@H](Nc1nc2ccccc2s1)C(=O)NN. The van der Waals surface area contributed by atoms with E-state index in [9.17, 15) is 4.79 Å². The molecule has 1 amide bonds. The van der Waals surface area contributed by atoms with Gasteiger partial charge in [-0.1, -0.05) is 23.5 Å². The fourth-order valence-corrected chi connectivity index (χ4v) is 2.26. The number of aromatic nitrogens is 1. The molecular formula is C10H12N4OS. The van der Waals surface area contributed by atoms with E-state index < -0.39 is 6.04 Å². The molecule has 1 atom stereocenters. The van der Waals surface area contributed by atoms with Crippen LogP contribution in [-0.2, 0) is 4.79 Å². The molecule has 16 heavy (non-hydrogen) atoms. The van der Waals surface area contributed by atoms with E-state index >= 15 is 0 Å². The highest BCUT2D eigenvalue weighted by Crippen LogP contribution is 2.25. The van der Waals surface area contributed by atoms with Crippen molar-refractivity contribution in [3.63, 3.8) is 0 Å². The smallest absolute Gasteiger partial charge is 0.256 e. The van der Waals surface area contributed by atoms with E-state index in [0.29, 0.717) is 0 Å². The van der Waals surface area contributed by atoms with Gasteiger partial charge in [-0.15, -0.1) is 0 Å². The van der Waals surface area contributed by atoms with Crippen LogP contribution in [0.3, 0.4) is 0 Å². The Hall–Kier alpha value is -1.66. The summed E-state index contributed by atoms with van der Waals surface area (Å²) in [6.07, 6.45) is 0. The number of carbonyl (C=O) groups is 1. The van der Waals surface area contributed by atoms with Gasteiger partial charge in [0.15, 0.2) is 5.13 Å². The molecule has 0 unspecified atom stereocenters. The molecule has 0 spiro atoms. The van der Waals surface area contributed by atoms with E-state index in [1.165, 1.54) is 11.3 Å². The van der Waals surface area contributed by atoms with E-state index in [-0.39, 0.29) is 5.91 Å². The van der Waals surface area contributed by atoms with Crippen LogP contribution in [0.1, 0.15) is 6.92 Å². The number of nitrogens with zero attached hydrogens (tertiary/aromatic N) is 1. The normalized spacial score (nSPS) is 12.4. The summed E-state index contributed by atoms with van der Waals surface area (Å²) in [7, 11) is 0. The Morgan fingerprint density at radius 2 is 2.25 bits per heavy atom. The minimum atomic E-state index is -0.398. The lowest BCUT2D eigenvalue weighted by atomic mass is 10.3. The first-order chi connectivity index (χ1) is 7.70. The fraction of sp³-hybridized carbons (Fsp3) is 0.200. The Bertz CT molecular complexity index is 477. The summed E-state index contributed by atoms with van der Waals surface area (Å²) in [5.41, 5.74) is 3.02. The summed E-state index contributed by atoms with van der Waals surface area (Å²) < 4.78 is 1.09. The predicted octanol–water partition coefficient (Wildman–Crippen LogP) is 1.09. The molecule has 2 rings (SSSR count). The van der Waals surface area contributed by atoms with E-state index in [1.54, 1.807) is 6.92 Å². The summed E-state index contributed by atoms with van der Waals surface area (Å²) in [5, 5.41) is 3.72. The number of nitrogens with one attached hydrogen (secondary N) is 2. The van der Waals surface area contributed by atoms with Crippen LogP contribution in [0.25, 0.3) is 10.2 Å². The van der Waals surface area contributed by atoms with E-state index in [1.807, 2.05) is 24.3 Å². The van der Waals surface area contributed by atoms with Crippen molar-refractivity contribution in [2.75, 3.05) is 5.32 Å². The molecule has 0 radical (unpaired) electrons. The molecule has 0 saturated carbocycles. The van der Waals surface area contributed by atoms with Crippen molar-refractivity contribution in [3.05, 3.63) is 24.3 Å². The van der Waals surface area contributed by atoms with Gasteiger partial charge in [0.1, 0.15) is 6.04 Å². The summed E-state index contributed by atoms with van der Waals surface area (Å²) in [5.74, 6) is 4.78. The van der Waals surface area contributed by atoms with Crippen molar-refractivity contribution in [2.45, 2.75) is 13.0 Å². The third kappa shape index (κ3) is 2.12. The highest BCUT2D eigenvalue weighted by molar-refractivity contribution is 7.22. The number of hydrogen-bond donors (Lipinski definition) is 3. The first kappa shape index (κ1) is 10.8. The van der Waals surface area contributed by atoms with Gasteiger partial charge in [0.05, 0.1) is 10.2 Å². The average Bonchev–Trinajstić information content (AvgIpc) is 2.69. The molecule has 2 aromatic rings. The first-order valence-electron chi connectivity index (χ1n) is 4.83. The molecule has 1 aromatic heterocycles. The van der Waals surface area contributed by atoms with Crippen LogP contribution in [-0.4, -0.2) is 16.9 Å². The van der Waals surface area contributed by atoms with Crippen LogP contribution >= 0.6 is 11.3 Å². The molecule has 0 saturated heterocycles. The number of benzene rings is 1. The molecule has 0 bridgehead atoms. The maximum atomic E-state index is 11.2. The topological polar surface area (TPSA) is 80.0 Å². The van der Waals surface area contributed by atoms with Crippen LogP contribution in [0.15, 0.2) is 24.3 Å². The quantitative estimate of drug-likeness (QED) is 0.423. The molecule has 0 aliphatic carbocycles. The van der Waals surface area contributed by atoms with Gasteiger partial charge in [0, 0.05) is 0 Å². The standard InChI is InChI=1S/C10H12N4OS/c1-6(9(15)14-11)12-10-13-7-4-2-3-5-8(7)16-10/h2-6H,11H2,1H3,(H,12,13)(H,14,15)/t6-/m1/s1. The lowest BCUT2D eigenvalue weighted by Gasteiger charge is -2.09. The number of nitrogens with two attached hydrogens (primary N) is 1. The molecular weight excluding hydrogens is 224 g/mol. The number of para-hydroxylation sites is 1. The summed E-state index contributed by atoms with van der Waals surface area (Å²) in [6, 6.07) is 7.42. The van der Waals surface area contributed by atoms with Gasteiger partial charge in [-0.05, 0) is 19.1 Å². The number of hydrogen-bond acceptors (Lipinski definition) is 5. The molecule has 0 aliphatic rings. The van der Waals surface area contributed by atoms with Gasteiger partial charge in [0.2, 0.25) is 0 Å². The highest BCUT2D eigenvalue weighted by atomic mass is 32.1. The monoisotopic (exact) mass is 236 g/mol. The maximum absolute atomic E-state index is 11.2. The number of rotatable bonds is 3. The van der Waals surface area contributed by atoms with Crippen molar-refractivity contribution in [1.82, 2.24) is 10.4 Å². The molecule has 4 N–H and O–H groups in total. The highest BCUT2D eigenvalue weighted by Gasteiger charge is 2.12. The van der Waals surface area contributed by atoms with Crippen molar-refractivity contribution < 1.29 is 4.79 Å². The Morgan fingerprint density at radius 3 is 2.94 bits per heavy atom. The molecule has 84 valence electrons. The third-order valence-electron chi connectivity index (χ3n) is 2.17. The Kier molecular flexibility index (Phi) is 3.02. The molecule has 1 heterocycles. The Balaban J connectivity index is 2.18. The van der Waals surface area contributed by atoms with Gasteiger partial charge in [-0.25, -0.2) is 10.8 Å². The molecule has 5 nitrogen and oxygen atoms in total. The third-order valence-corrected chi connectivity index (χ3v) is 3.14. The van der Waals surface area contributed by atoms with Crippen LogP contribution in [0.4, 0.5) is 5.13 Å². The van der Waals surface area contributed by atoms with Gasteiger partial charge < -0.3 is 5.32 Å². The number of anilines is 1. The first-order valence-corrected chi connectivity index (χ1v) is 5.65. The van der Waals surface area contributed by atoms with Crippen LogP contribution in [0.5, 0.6) is 0 Å². The van der Waals surface area contributed by atoms with Gasteiger partial charge in [-0.3, -0.25) is 10.2 Å². The fourth-order valence-electron chi connectivity index (χ4n) is 1.31. The van der Waals surface area contributed by atoms with Crippen LogP contribution in [0, 0.1) is 0 Å². The second kappa shape index (κ2) is 4.46. The van der Waals surface area contributed by atoms with Crippen molar-refractivity contribution in [3.8, 4) is 0 Å². The summed E-state index contributed by atoms with van der Waals surface area (Å²) in [6.45, 7) is 1.73. The molecule has 0 fully saturated rings. The lowest BCUT2D eigenvalue weighted by Crippen LogP contribution is -2.41. The largest absolute Gasteiger partial charge is 0.350 e. The minimum absolute atomic E-state index is 0.265. The van der Waals surface area contributed by atoms with Gasteiger partial charge in [-0.2, -0.15) is 0 Å². The molecule has 0 aliphatic heterocycles. The van der Waals surface area contributed by atoms with Crippen LogP contribution < -0.4 is 16.6 Å². The van der Waals surface area contributed by atoms with Crippen molar-refractivity contribution >= 4 is 32.6 Å². The van der Waals surface area contributed by atoms with Gasteiger partial charge in [0.25, 0.3) is 5.91 Å². The molecule has 1 aromatic carbocycles. The zero-order valence-electron chi connectivity index (χ0n) is 8.73. The second-order valence-corrected chi connectivity index (χ2v) is 4.39. The predicted molar refractivity (Wildman–Crippen MR) is 65.0 cm³/mol. The summed E-state index contributed by atoms with van der Waals surface area (Å²) in [4.78, 5) is 15.6. The van der Waals surface area contributed by atoms with E-state index in [2.05, 4.69) is 15.7 Å². The number of fused-ring (bicyclic) bond motifs is 1. The van der Waals surface area contributed by atoms with E-state index in [0.717, 1.165) is 15.3 Å². The van der Waals surface area contributed by atoms with Crippen LogP contribution in [0.2, 0.25) is 0 Å². The number of amides is 1. The van der Waals surface area contributed by atoms with Crippen molar-refractivity contribution in [1.29, 1.82) is 0 Å². The Labute approximate surface area is 96.6 Å².